The number of methoxy groups -OCH3 is 1. The van der Waals surface area contributed by atoms with Gasteiger partial charge in [-0.15, -0.1) is 11.6 Å². The van der Waals surface area contributed by atoms with E-state index in [4.69, 9.17) is 16.3 Å². The Hall–Kier alpha value is 0.250. The van der Waals surface area contributed by atoms with Crippen molar-refractivity contribution >= 4 is 11.6 Å². The predicted molar refractivity (Wildman–Crippen MR) is 48.1 cm³/mol. The number of hydrogen-bond acceptors (Lipinski definition) is 1. The lowest BCUT2D eigenvalue weighted by atomic mass is 9.85. The summed E-state index contributed by atoms with van der Waals surface area (Å²) in [6, 6.07) is 0. The third kappa shape index (κ3) is 3.00. The highest BCUT2D eigenvalue weighted by atomic mass is 35.5. The van der Waals surface area contributed by atoms with Crippen LogP contribution in [0.1, 0.15) is 32.1 Å². The first-order valence-electron chi connectivity index (χ1n) is 4.45. The Morgan fingerprint density at radius 2 is 2.27 bits per heavy atom. The summed E-state index contributed by atoms with van der Waals surface area (Å²) in [5.74, 6) is 1.63. The fraction of sp³-hybridized carbons (Fsp3) is 1.00. The van der Waals surface area contributed by atoms with E-state index in [1.165, 1.54) is 32.1 Å². The molecular formula is C9H17ClO. The van der Waals surface area contributed by atoms with Crippen LogP contribution in [0.25, 0.3) is 0 Å². The summed E-state index contributed by atoms with van der Waals surface area (Å²) in [7, 11) is 1.81. The molecule has 0 bridgehead atoms. The quantitative estimate of drug-likeness (QED) is 0.601. The number of rotatable bonds is 3. The molecule has 0 saturated heterocycles. The molecule has 0 heterocycles. The van der Waals surface area contributed by atoms with Gasteiger partial charge in [-0.2, -0.15) is 0 Å². The molecule has 0 amide bonds. The van der Waals surface area contributed by atoms with Gasteiger partial charge >= 0.3 is 0 Å². The first kappa shape index (κ1) is 9.34. The largest absolute Gasteiger partial charge is 0.381 e. The first-order valence-corrected chi connectivity index (χ1v) is 4.99. The fourth-order valence-corrected chi connectivity index (χ4v) is 2.18. The van der Waals surface area contributed by atoms with Crippen LogP contribution in [0, 0.1) is 5.92 Å². The molecule has 1 saturated carbocycles. The molecule has 0 aromatic heterocycles. The normalized spacial score (nSPS) is 32.2. The maximum atomic E-state index is 5.68. The minimum atomic E-state index is 0.511. The van der Waals surface area contributed by atoms with Gasteiger partial charge in [-0.3, -0.25) is 0 Å². The van der Waals surface area contributed by atoms with E-state index in [0.29, 0.717) is 6.10 Å². The van der Waals surface area contributed by atoms with E-state index in [0.717, 1.165) is 11.8 Å². The van der Waals surface area contributed by atoms with Crippen LogP contribution >= 0.6 is 11.6 Å². The summed E-state index contributed by atoms with van der Waals surface area (Å²) in [6.07, 6.45) is 6.82. The highest BCUT2D eigenvalue weighted by Gasteiger charge is 2.20. The van der Waals surface area contributed by atoms with Crippen molar-refractivity contribution < 1.29 is 4.74 Å². The van der Waals surface area contributed by atoms with Crippen LogP contribution in [0.3, 0.4) is 0 Å². The summed E-state index contributed by atoms with van der Waals surface area (Å²) in [4.78, 5) is 0. The standard InChI is InChI=1S/C9H17ClO/c1-11-9-4-2-3-8(7-9)5-6-10/h8-9H,2-7H2,1H3. The van der Waals surface area contributed by atoms with Crippen molar-refractivity contribution in [2.75, 3.05) is 13.0 Å². The van der Waals surface area contributed by atoms with Crippen molar-refractivity contribution in [3.63, 3.8) is 0 Å². The van der Waals surface area contributed by atoms with Gasteiger partial charge in [0, 0.05) is 13.0 Å². The topological polar surface area (TPSA) is 9.23 Å². The fourth-order valence-electron chi connectivity index (χ4n) is 1.87. The minimum absolute atomic E-state index is 0.511. The lowest BCUT2D eigenvalue weighted by Gasteiger charge is -2.27. The molecule has 0 aromatic rings. The van der Waals surface area contributed by atoms with E-state index < -0.39 is 0 Å². The number of halogens is 1. The van der Waals surface area contributed by atoms with E-state index in [1.54, 1.807) is 0 Å². The van der Waals surface area contributed by atoms with Crippen molar-refractivity contribution in [2.45, 2.75) is 38.2 Å². The van der Waals surface area contributed by atoms with Crippen molar-refractivity contribution in [1.29, 1.82) is 0 Å². The zero-order valence-corrected chi connectivity index (χ0v) is 7.94. The SMILES string of the molecule is COC1CCCC(CCCl)C1. The van der Waals surface area contributed by atoms with E-state index in [1.807, 2.05) is 7.11 Å². The molecular weight excluding hydrogens is 160 g/mol. The molecule has 0 radical (unpaired) electrons. The van der Waals surface area contributed by atoms with Crippen LogP contribution in [0.2, 0.25) is 0 Å². The Morgan fingerprint density at radius 3 is 2.91 bits per heavy atom. The smallest absolute Gasteiger partial charge is 0.0574 e. The van der Waals surface area contributed by atoms with Crippen LogP contribution in [0.5, 0.6) is 0 Å². The Labute approximate surface area is 74.1 Å². The molecule has 1 fully saturated rings. The number of ether oxygens (including phenoxy) is 1. The maximum absolute atomic E-state index is 5.68. The second kappa shape index (κ2) is 5.00. The highest BCUT2D eigenvalue weighted by molar-refractivity contribution is 6.17. The van der Waals surface area contributed by atoms with Gasteiger partial charge in [0.1, 0.15) is 0 Å². The van der Waals surface area contributed by atoms with E-state index in [-0.39, 0.29) is 0 Å². The lowest BCUT2D eigenvalue weighted by molar-refractivity contribution is 0.0502. The summed E-state index contributed by atoms with van der Waals surface area (Å²) in [5.41, 5.74) is 0. The van der Waals surface area contributed by atoms with Gasteiger partial charge < -0.3 is 4.74 Å². The molecule has 0 N–H and O–H groups in total. The summed E-state index contributed by atoms with van der Waals surface area (Å²) >= 11 is 5.68. The molecule has 66 valence electrons. The monoisotopic (exact) mass is 176 g/mol. The van der Waals surface area contributed by atoms with Crippen molar-refractivity contribution in [2.24, 2.45) is 5.92 Å². The third-order valence-electron chi connectivity index (χ3n) is 2.59. The van der Waals surface area contributed by atoms with E-state index in [2.05, 4.69) is 0 Å². The van der Waals surface area contributed by atoms with Gasteiger partial charge in [0.15, 0.2) is 0 Å². The number of hydrogen-bond donors (Lipinski definition) is 0. The average molecular weight is 177 g/mol. The summed E-state index contributed by atoms with van der Waals surface area (Å²) in [5, 5.41) is 0. The van der Waals surface area contributed by atoms with Crippen LogP contribution in [-0.4, -0.2) is 19.1 Å². The average Bonchev–Trinajstić information content (AvgIpc) is 2.06. The van der Waals surface area contributed by atoms with Gasteiger partial charge in [-0.25, -0.2) is 0 Å². The zero-order valence-electron chi connectivity index (χ0n) is 7.18. The van der Waals surface area contributed by atoms with Gasteiger partial charge in [0.05, 0.1) is 6.10 Å². The Kier molecular flexibility index (Phi) is 4.24. The molecule has 11 heavy (non-hydrogen) atoms. The van der Waals surface area contributed by atoms with Gasteiger partial charge in [0.25, 0.3) is 0 Å². The molecule has 1 rings (SSSR count). The Morgan fingerprint density at radius 1 is 1.45 bits per heavy atom. The van der Waals surface area contributed by atoms with E-state index >= 15 is 0 Å². The molecule has 0 spiro atoms. The van der Waals surface area contributed by atoms with Crippen LogP contribution < -0.4 is 0 Å². The van der Waals surface area contributed by atoms with Gasteiger partial charge in [-0.1, -0.05) is 12.8 Å². The molecule has 1 nitrogen and oxygen atoms in total. The first-order chi connectivity index (χ1) is 5.36. The highest BCUT2D eigenvalue weighted by Crippen LogP contribution is 2.28. The zero-order chi connectivity index (χ0) is 8.10. The molecule has 2 atom stereocenters. The van der Waals surface area contributed by atoms with Gasteiger partial charge in [0.2, 0.25) is 0 Å². The maximum Gasteiger partial charge on any atom is 0.0574 e. The van der Waals surface area contributed by atoms with Crippen LogP contribution in [0.15, 0.2) is 0 Å². The van der Waals surface area contributed by atoms with Gasteiger partial charge in [-0.05, 0) is 25.2 Å². The summed E-state index contributed by atoms with van der Waals surface area (Å²) in [6.45, 7) is 0. The molecule has 1 aliphatic carbocycles. The third-order valence-corrected chi connectivity index (χ3v) is 2.80. The minimum Gasteiger partial charge on any atom is -0.381 e. The molecule has 2 heteroatoms. The Balaban J connectivity index is 2.21. The van der Waals surface area contributed by atoms with Crippen LogP contribution in [-0.2, 0) is 4.74 Å². The molecule has 0 aliphatic heterocycles. The molecule has 2 unspecified atom stereocenters. The van der Waals surface area contributed by atoms with Crippen molar-refractivity contribution in [3.05, 3.63) is 0 Å². The molecule has 1 aliphatic rings. The van der Waals surface area contributed by atoms with Crippen molar-refractivity contribution in [3.8, 4) is 0 Å². The second-order valence-electron chi connectivity index (χ2n) is 3.37. The van der Waals surface area contributed by atoms with E-state index in [9.17, 15) is 0 Å². The van der Waals surface area contributed by atoms with Crippen molar-refractivity contribution in [1.82, 2.24) is 0 Å². The number of alkyl halides is 1. The Bertz CT molecular complexity index is 104. The predicted octanol–water partition coefficient (Wildman–Crippen LogP) is 2.82. The van der Waals surface area contributed by atoms with Crippen LogP contribution in [0.4, 0.5) is 0 Å². The second-order valence-corrected chi connectivity index (χ2v) is 3.75. The molecule has 0 aromatic carbocycles. The summed E-state index contributed by atoms with van der Waals surface area (Å²) < 4.78 is 5.32. The lowest BCUT2D eigenvalue weighted by Crippen LogP contribution is -2.21.